The molecule has 2 aromatic carbocycles. The van der Waals surface area contributed by atoms with Crippen LogP contribution in [-0.4, -0.2) is 22.8 Å². The lowest BCUT2D eigenvalue weighted by Crippen LogP contribution is -2.19. The monoisotopic (exact) mass is 409 g/mol. The number of hydrogen-bond acceptors (Lipinski definition) is 5. The number of amides is 4. The van der Waals surface area contributed by atoms with Crippen LogP contribution in [0.2, 0.25) is 0 Å². The highest BCUT2D eigenvalue weighted by atomic mass is 32.1. The summed E-state index contributed by atoms with van der Waals surface area (Å²) in [6.45, 7) is 3.59. The molecule has 0 radical (unpaired) electrons. The smallest absolute Gasteiger partial charge is 0.325 e. The first-order valence-corrected chi connectivity index (χ1v) is 9.47. The van der Waals surface area contributed by atoms with Gasteiger partial charge in [0.1, 0.15) is 4.88 Å². The molecule has 9 heteroatoms. The van der Waals surface area contributed by atoms with Gasteiger partial charge in [-0.3, -0.25) is 14.9 Å². The second-order valence-electron chi connectivity index (χ2n) is 6.25. The fraction of sp³-hybridized carbons (Fsp3) is 0.100. The number of nitrogens with two attached hydrogens (primary N) is 1. The van der Waals surface area contributed by atoms with E-state index in [0.717, 1.165) is 16.9 Å². The number of para-hydroxylation sites is 1. The lowest BCUT2D eigenvalue weighted by molar-refractivity contribution is 0.100. The molecule has 0 aliphatic rings. The van der Waals surface area contributed by atoms with Crippen LogP contribution in [-0.2, 0) is 0 Å². The van der Waals surface area contributed by atoms with E-state index in [1.807, 2.05) is 25.1 Å². The Morgan fingerprint density at radius 3 is 2.45 bits per heavy atom. The van der Waals surface area contributed by atoms with Gasteiger partial charge >= 0.3 is 6.03 Å². The maximum absolute atomic E-state index is 12.6. The Kier molecular flexibility index (Phi) is 5.89. The third-order valence-electron chi connectivity index (χ3n) is 3.94. The number of aromatic nitrogens is 1. The number of urea groups is 1. The van der Waals surface area contributed by atoms with Gasteiger partial charge < -0.3 is 16.4 Å². The predicted molar refractivity (Wildman–Crippen MR) is 114 cm³/mol. The molecule has 148 valence electrons. The zero-order valence-corrected chi connectivity index (χ0v) is 16.6. The minimum atomic E-state index is -0.642. The third-order valence-corrected chi connectivity index (χ3v) is 5.01. The summed E-state index contributed by atoms with van der Waals surface area (Å²) in [5.74, 6) is -1.09. The number of aryl methyl sites for hydroxylation is 2. The summed E-state index contributed by atoms with van der Waals surface area (Å²) in [6, 6.07) is 13.4. The maximum Gasteiger partial charge on any atom is 0.325 e. The van der Waals surface area contributed by atoms with E-state index in [1.54, 1.807) is 31.2 Å². The molecule has 5 N–H and O–H groups in total. The molecule has 3 aromatic rings. The van der Waals surface area contributed by atoms with Crippen molar-refractivity contribution in [2.24, 2.45) is 5.73 Å². The van der Waals surface area contributed by atoms with Crippen molar-refractivity contribution in [3.63, 3.8) is 0 Å². The predicted octanol–water partition coefficient (Wildman–Crippen LogP) is 3.76. The van der Waals surface area contributed by atoms with Gasteiger partial charge in [0.2, 0.25) is 0 Å². The highest BCUT2D eigenvalue weighted by Crippen LogP contribution is 2.25. The van der Waals surface area contributed by atoms with Gasteiger partial charge in [0, 0.05) is 5.69 Å². The van der Waals surface area contributed by atoms with E-state index in [1.165, 1.54) is 6.07 Å². The molecule has 0 unspecified atom stereocenters. The molecule has 3 rings (SSSR count). The van der Waals surface area contributed by atoms with Crippen LogP contribution in [0.5, 0.6) is 0 Å². The summed E-state index contributed by atoms with van der Waals surface area (Å²) >= 11 is 1.03. The van der Waals surface area contributed by atoms with Gasteiger partial charge in [-0.1, -0.05) is 35.6 Å². The van der Waals surface area contributed by atoms with Crippen LogP contribution < -0.4 is 21.7 Å². The Balaban J connectivity index is 1.70. The van der Waals surface area contributed by atoms with Crippen molar-refractivity contribution < 1.29 is 14.4 Å². The quantitative estimate of drug-likeness (QED) is 0.512. The fourth-order valence-corrected chi connectivity index (χ4v) is 3.49. The zero-order valence-electron chi connectivity index (χ0n) is 15.8. The normalized spacial score (nSPS) is 10.3. The minimum absolute atomic E-state index is 0.207. The maximum atomic E-state index is 12.6. The van der Waals surface area contributed by atoms with Crippen molar-refractivity contribution in [1.29, 1.82) is 0 Å². The van der Waals surface area contributed by atoms with E-state index in [4.69, 9.17) is 5.73 Å². The van der Waals surface area contributed by atoms with Gasteiger partial charge in [0.25, 0.3) is 11.8 Å². The average Bonchev–Trinajstić information content (AvgIpc) is 3.02. The first-order valence-electron chi connectivity index (χ1n) is 8.66. The Hall–Kier alpha value is -3.72. The number of thiazole rings is 1. The summed E-state index contributed by atoms with van der Waals surface area (Å²) in [7, 11) is 0. The number of anilines is 3. The van der Waals surface area contributed by atoms with E-state index in [2.05, 4.69) is 20.9 Å². The molecule has 0 fully saturated rings. The number of nitrogens with one attached hydrogen (secondary N) is 3. The second-order valence-corrected chi connectivity index (χ2v) is 7.25. The van der Waals surface area contributed by atoms with Crippen molar-refractivity contribution in [2.45, 2.75) is 13.8 Å². The summed E-state index contributed by atoms with van der Waals surface area (Å²) in [5.41, 5.74) is 7.97. The molecule has 0 aliphatic heterocycles. The van der Waals surface area contributed by atoms with Gasteiger partial charge in [-0.05, 0) is 43.7 Å². The first kappa shape index (κ1) is 20.0. The number of benzene rings is 2. The standard InChI is InChI=1S/C20H19N5O3S/c1-11-6-5-7-13(10-11)23-19(28)25-20-22-12(2)16(29-20)18(27)24-15-9-4-3-8-14(15)17(21)26/h3-10H,1-2H3,(H2,21,26)(H,24,27)(H2,22,23,25,28). The third kappa shape index (κ3) is 4.96. The van der Waals surface area contributed by atoms with Crippen LogP contribution in [0, 0.1) is 13.8 Å². The van der Waals surface area contributed by atoms with Crippen LogP contribution in [0.3, 0.4) is 0 Å². The van der Waals surface area contributed by atoms with Crippen molar-refractivity contribution >= 4 is 45.7 Å². The molecular formula is C20H19N5O3S. The Morgan fingerprint density at radius 2 is 1.72 bits per heavy atom. The molecule has 29 heavy (non-hydrogen) atoms. The topological polar surface area (TPSA) is 126 Å². The van der Waals surface area contributed by atoms with Crippen LogP contribution in [0.4, 0.5) is 21.3 Å². The van der Waals surface area contributed by atoms with Crippen molar-refractivity contribution in [2.75, 3.05) is 16.0 Å². The summed E-state index contributed by atoms with van der Waals surface area (Å²) in [5, 5.41) is 8.28. The van der Waals surface area contributed by atoms with Gasteiger partial charge in [-0.2, -0.15) is 0 Å². The largest absolute Gasteiger partial charge is 0.366 e. The second kappa shape index (κ2) is 8.53. The first-order chi connectivity index (χ1) is 13.8. The molecular weight excluding hydrogens is 390 g/mol. The molecule has 0 spiro atoms. The molecule has 4 amide bonds. The van der Waals surface area contributed by atoms with E-state index in [0.29, 0.717) is 21.9 Å². The average molecular weight is 409 g/mol. The van der Waals surface area contributed by atoms with Gasteiger partial charge in [-0.25, -0.2) is 9.78 Å². The van der Waals surface area contributed by atoms with Crippen LogP contribution >= 0.6 is 11.3 Å². The highest BCUT2D eigenvalue weighted by molar-refractivity contribution is 7.17. The molecule has 0 aliphatic carbocycles. The van der Waals surface area contributed by atoms with E-state index >= 15 is 0 Å². The van der Waals surface area contributed by atoms with Crippen LogP contribution in [0.15, 0.2) is 48.5 Å². The summed E-state index contributed by atoms with van der Waals surface area (Å²) in [6.07, 6.45) is 0. The molecule has 1 aromatic heterocycles. The van der Waals surface area contributed by atoms with E-state index < -0.39 is 17.8 Å². The lowest BCUT2D eigenvalue weighted by atomic mass is 10.1. The lowest BCUT2D eigenvalue weighted by Gasteiger charge is -2.07. The minimum Gasteiger partial charge on any atom is -0.366 e. The van der Waals surface area contributed by atoms with Crippen LogP contribution in [0.25, 0.3) is 0 Å². The number of carbonyl (C=O) groups is 3. The fourth-order valence-electron chi connectivity index (χ4n) is 2.63. The Bertz CT molecular complexity index is 1090. The van der Waals surface area contributed by atoms with Crippen molar-refractivity contribution in [3.8, 4) is 0 Å². The van der Waals surface area contributed by atoms with Gasteiger partial charge in [-0.15, -0.1) is 0 Å². The summed E-state index contributed by atoms with van der Waals surface area (Å²) in [4.78, 5) is 40.9. The van der Waals surface area contributed by atoms with Crippen molar-refractivity contribution in [3.05, 3.63) is 70.2 Å². The number of carbonyl (C=O) groups excluding carboxylic acids is 3. The number of rotatable bonds is 5. The molecule has 0 atom stereocenters. The van der Waals surface area contributed by atoms with Crippen molar-refractivity contribution in [1.82, 2.24) is 4.98 Å². The number of hydrogen-bond donors (Lipinski definition) is 4. The summed E-state index contributed by atoms with van der Waals surface area (Å²) < 4.78 is 0. The number of nitrogens with zero attached hydrogens (tertiary/aromatic N) is 1. The Labute approximate surface area is 171 Å². The molecule has 0 saturated carbocycles. The molecule has 0 bridgehead atoms. The molecule has 8 nitrogen and oxygen atoms in total. The zero-order chi connectivity index (χ0) is 21.0. The van der Waals surface area contributed by atoms with E-state index in [9.17, 15) is 14.4 Å². The van der Waals surface area contributed by atoms with Gasteiger partial charge in [0.05, 0.1) is 16.9 Å². The van der Waals surface area contributed by atoms with Crippen LogP contribution in [0.1, 0.15) is 31.3 Å². The van der Waals surface area contributed by atoms with Gasteiger partial charge in [0.15, 0.2) is 5.13 Å². The highest BCUT2D eigenvalue weighted by Gasteiger charge is 2.18. The molecule has 1 heterocycles. The SMILES string of the molecule is Cc1cccc(NC(=O)Nc2nc(C)c(C(=O)Nc3ccccc3C(N)=O)s2)c1. The Morgan fingerprint density at radius 1 is 0.966 bits per heavy atom. The van der Waals surface area contributed by atoms with E-state index in [-0.39, 0.29) is 10.7 Å². The number of primary amides is 1. The molecule has 0 saturated heterocycles.